The summed E-state index contributed by atoms with van der Waals surface area (Å²) in [5.74, 6) is -0.359. The van der Waals surface area contributed by atoms with Crippen LogP contribution in [0, 0.1) is 0 Å². The van der Waals surface area contributed by atoms with Crippen LogP contribution in [0.25, 0.3) is 10.6 Å². The Labute approximate surface area is 184 Å². The van der Waals surface area contributed by atoms with Gasteiger partial charge in [0.15, 0.2) is 0 Å². The summed E-state index contributed by atoms with van der Waals surface area (Å²) >= 11 is 7.38. The monoisotopic (exact) mass is 440 g/mol. The summed E-state index contributed by atoms with van der Waals surface area (Å²) < 4.78 is 0. The first-order valence-electron chi connectivity index (χ1n) is 9.68. The minimum absolute atomic E-state index is 0.0193. The summed E-state index contributed by atoms with van der Waals surface area (Å²) in [6.45, 7) is 2.67. The molecular weight excluding hydrogens is 420 g/mol. The Bertz CT molecular complexity index is 1030. The molecule has 0 atom stereocenters. The summed E-state index contributed by atoms with van der Waals surface area (Å²) in [7, 11) is 0. The van der Waals surface area contributed by atoms with Gasteiger partial charge in [0.25, 0.3) is 5.91 Å². The minimum atomic E-state index is -0.277. The van der Waals surface area contributed by atoms with Crippen LogP contribution in [-0.2, 0) is 4.79 Å². The van der Waals surface area contributed by atoms with Crippen LogP contribution in [-0.4, -0.2) is 54.4 Å². The number of anilines is 1. The first-order valence-corrected chi connectivity index (χ1v) is 10.9. The molecule has 0 bridgehead atoms. The predicted octanol–water partition coefficient (Wildman–Crippen LogP) is 3.54. The molecule has 2 heterocycles. The second-order valence-electron chi connectivity index (χ2n) is 6.93. The molecule has 1 aromatic heterocycles. The summed E-state index contributed by atoms with van der Waals surface area (Å²) in [6.07, 6.45) is 1.55. The fourth-order valence-corrected chi connectivity index (χ4v) is 4.36. The lowest BCUT2D eigenvalue weighted by atomic mass is 10.2. The number of carbonyl (C=O) groups excluding carboxylic acids is 2. The summed E-state index contributed by atoms with van der Waals surface area (Å²) in [6, 6.07) is 17.4. The van der Waals surface area contributed by atoms with E-state index in [2.05, 4.69) is 15.2 Å². The fourth-order valence-electron chi connectivity index (χ4n) is 3.33. The number of benzene rings is 2. The number of piperazine rings is 1. The Hall–Kier alpha value is -2.90. The van der Waals surface area contributed by atoms with Crippen LogP contribution in [0.5, 0.6) is 0 Å². The molecule has 8 heteroatoms. The number of nitrogens with one attached hydrogen (secondary N) is 1. The second-order valence-corrected chi connectivity index (χ2v) is 8.39. The molecule has 2 aromatic carbocycles. The maximum Gasteiger partial charge on any atom is 0.263 e. The first-order chi connectivity index (χ1) is 14.6. The molecule has 1 aliphatic heterocycles. The van der Waals surface area contributed by atoms with E-state index in [-0.39, 0.29) is 18.4 Å². The number of thiazole rings is 1. The van der Waals surface area contributed by atoms with Crippen molar-refractivity contribution in [1.82, 2.24) is 15.2 Å². The molecule has 1 fully saturated rings. The van der Waals surface area contributed by atoms with E-state index in [1.165, 1.54) is 11.3 Å². The quantitative estimate of drug-likeness (QED) is 0.659. The lowest BCUT2D eigenvalue weighted by Gasteiger charge is -2.36. The normalized spacial score (nSPS) is 13.9. The number of nitrogens with zero attached hydrogens (tertiary/aromatic N) is 3. The highest BCUT2D eigenvalue weighted by Crippen LogP contribution is 2.24. The zero-order chi connectivity index (χ0) is 20.9. The van der Waals surface area contributed by atoms with Crippen LogP contribution in [0.2, 0.25) is 5.02 Å². The Kier molecular flexibility index (Phi) is 6.30. The number of amides is 2. The zero-order valence-corrected chi connectivity index (χ0v) is 17.8. The van der Waals surface area contributed by atoms with Crippen LogP contribution in [0.15, 0.2) is 60.8 Å². The molecule has 4 rings (SSSR count). The Morgan fingerprint density at radius 2 is 1.80 bits per heavy atom. The number of aromatic nitrogens is 1. The Morgan fingerprint density at radius 1 is 1.03 bits per heavy atom. The van der Waals surface area contributed by atoms with Crippen molar-refractivity contribution in [2.45, 2.75) is 0 Å². The van der Waals surface area contributed by atoms with Crippen molar-refractivity contribution in [3.05, 3.63) is 70.7 Å². The van der Waals surface area contributed by atoms with Gasteiger partial charge in [0.2, 0.25) is 5.91 Å². The number of carbonyl (C=O) groups is 2. The fraction of sp³-hybridized carbons (Fsp3) is 0.227. The van der Waals surface area contributed by atoms with Gasteiger partial charge in [-0.3, -0.25) is 9.59 Å². The average Bonchev–Trinajstić information content (AvgIpc) is 3.28. The van der Waals surface area contributed by atoms with Crippen molar-refractivity contribution in [1.29, 1.82) is 0 Å². The van der Waals surface area contributed by atoms with E-state index in [0.29, 0.717) is 23.0 Å². The topological polar surface area (TPSA) is 65.5 Å². The molecule has 1 aliphatic rings. The van der Waals surface area contributed by atoms with E-state index >= 15 is 0 Å². The molecule has 0 saturated carbocycles. The average molecular weight is 441 g/mol. The maximum absolute atomic E-state index is 12.5. The van der Waals surface area contributed by atoms with Gasteiger partial charge in [0.1, 0.15) is 9.88 Å². The first kappa shape index (κ1) is 20.4. The number of hydrogen-bond donors (Lipinski definition) is 1. The molecule has 1 saturated heterocycles. The summed E-state index contributed by atoms with van der Waals surface area (Å²) in [5, 5.41) is 4.20. The van der Waals surface area contributed by atoms with E-state index in [1.807, 2.05) is 54.6 Å². The molecule has 0 spiro atoms. The highest BCUT2D eigenvalue weighted by atomic mass is 35.5. The molecule has 6 nitrogen and oxygen atoms in total. The third-order valence-corrected chi connectivity index (χ3v) is 6.24. The van der Waals surface area contributed by atoms with Crippen LogP contribution in [0.4, 0.5) is 5.69 Å². The van der Waals surface area contributed by atoms with Crippen molar-refractivity contribution in [2.75, 3.05) is 37.6 Å². The molecule has 30 heavy (non-hydrogen) atoms. The van der Waals surface area contributed by atoms with Crippen molar-refractivity contribution in [3.8, 4) is 10.6 Å². The molecule has 2 amide bonds. The van der Waals surface area contributed by atoms with Crippen molar-refractivity contribution in [3.63, 3.8) is 0 Å². The van der Waals surface area contributed by atoms with E-state index < -0.39 is 0 Å². The van der Waals surface area contributed by atoms with E-state index in [9.17, 15) is 9.59 Å². The van der Waals surface area contributed by atoms with Crippen LogP contribution in [0.1, 0.15) is 9.67 Å². The highest BCUT2D eigenvalue weighted by molar-refractivity contribution is 7.16. The van der Waals surface area contributed by atoms with Gasteiger partial charge >= 0.3 is 0 Å². The van der Waals surface area contributed by atoms with Crippen molar-refractivity contribution in [2.24, 2.45) is 0 Å². The van der Waals surface area contributed by atoms with Crippen molar-refractivity contribution >= 4 is 40.4 Å². The molecule has 0 unspecified atom stereocenters. The van der Waals surface area contributed by atoms with Gasteiger partial charge in [-0.2, -0.15) is 0 Å². The van der Waals surface area contributed by atoms with Crippen LogP contribution >= 0.6 is 22.9 Å². The largest absolute Gasteiger partial charge is 0.368 e. The zero-order valence-electron chi connectivity index (χ0n) is 16.3. The second kappa shape index (κ2) is 9.28. The molecule has 3 aromatic rings. The summed E-state index contributed by atoms with van der Waals surface area (Å²) in [4.78, 5) is 33.7. The SMILES string of the molecule is O=C(NCC(=O)N1CCN(c2cccc(Cl)c2)CC1)c1cnc(-c2ccccc2)s1. The third-order valence-electron chi connectivity index (χ3n) is 4.96. The van der Waals surface area contributed by atoms with Gasteiger partial charge in [-0.1, -0.05) is 48.0 Å². The number of rotatable bonds is 5. The maximum atomic E-state index is 12.5. The van der Waals surface area contributed by atoms with Gasteiger partial charge in [-0.25, -0.2) is 4.98 Å². The summed E-state index contributed by atoms with van der Waals surface area (Å²) in [5.41, 5.74) is 2.03. The number of hydrogen-bond acceptors (Lipinski definition) is 5. The van der Waals surface area contributed by atoms with E-state index in [1.54, 1.807) is 11.1 Å². The standard InChI is InChI=1S/C22H21ClN4O2S/c23-17-7-4-8-18(13-17)26-9-11-27(12-10-26)20(28)15-24-21(29)19-14-25-22(30-19)16-5-2-1-3-6-16/h1-8,13-14H,9-12,15H2,(H,24,29). The molecule has 0 radical (unpaired) electrons. The molecule has 1 N–H and O–H groups in total. The van der Waals surface area contributed by atoms with E-state index in [0.717, 1.165) is 29.3 Å². The Balaban J connectivity index is 1.27. The molecule has 0 aliphatic carbocycles. The van der Waals surface area contributed by atoms with E-state index in [4.69, 9.17) is 11.6 Å². The smallest absolute Gasteiger partial charge is 0.263 e. The highest BCUT2D eigenvalue weighted by Gasteiger charge is 2.22. The van der Waals surface area contributed by atoms with Gasteiger partial charge in [0, 0.05) is 42.5 Å². The van der Waals surface area contributed by atoms with Gasteiger partial charge in [-0.05, 0) is 18.2 Å². The lowest BCUT2D eigenvalue weighted by Crippen LogP contribution is -2.51. The number of halogens is 1. The predicted molar refractivity (Wildman–Crippen MR) is 120 cm³/mol. The molecule has 154 valence electrons. The minimum Gasteiger partial charge on any atom is -0.368 e. The van der Waals surface area contributed by atoms with Crippen LogP contribution in [0.3, 0.4) is 0 Å². The molecular formula is C22H21ClN4O2S. The Morgan fingerprint density at radius 3 is 2.53 bits per heavy atom. The lowest BCUT2D eigenvalue weighted by molar-refractivity contribution is -0.130. The van der Waals surface area contributed by atoms with Gasteiger partial charge < -0.3 is 15.1 Å². The van der Waals surface area contributed by atoms with Gasteiger partial charge in [0.05, 0.1) is 12.7 Å². The third kappa shape index (κ3) is 4.80. The van der Waals surface area contributed by atoms with Crippen LogP contribution < -0.4 is 10.2 Å². The van der Waals surface area contributed by atoms with Crippen molar-refractivity contribution < 1.29 is 9.59 Å². The van der Waals surface area contributed by atoms with Gasteiger partial charge in [-0.15, -0.1) is 11.3 Å².